The van der Waals surface area contributed by atoms with Crippen LogP contribution in [0.15, 0.2) is 446 Å². The minimum Gasteiger partial charge on any atom is -0.456 e. The second kappa shape index (κ2) is 27.7. The smallest absolute Gasteiger partial charge is 0.137 e. The zero-order valence-corrected chi connectivity index (χ0v) is 63.5. The quantitative estimate of drug-likeness (QED) is 0.115. The number of para-hydroxylation sites is 3. The zero-order valence-electron chi connectivity index (χ0n) is 62.7. The summed E-state index contributed by atoms with van der Waals surface area (Å²) in [5.74, 6) is 0. The number of benzene rings is 18. The van der Waals surface area contributed by atoms with Crippen LogP contribution in [0.25, 0.3) is 120 Å². The van der Waals surface area contributed by atoms with E-state index in [2.05, 4.69) is 434 Å². The van der Waals surface area contributed by atoms with Crippen LogP contribution in [0.5, 0.6) is 0 Å². The van der Waals surface area contributed by atoms with Crippen molar-refractivity contribution >= 4 is 110 Å². The van der Waals surface area contributed by atoms with Gasteiger partial charge < -0.3 is 18.6 Å². The van der Waals surface area contributed by atoms with E-state index in [-0.39, 0.29) is 0 Å². The van der Waals surface area contributed by atoms with Crippen LogP contribution in [0.1, 0.15) is 44.5 Å². The summed E-state index contributed by atoms with van der Waals surface area (Å²) in [5.41, 5.74) is 31.6. The number of fused-ring (bicyclic) bond motifs is 15. The minimum absolute atomic E-state index is 0.413. The summed E-state index contributed by atoms with van der Waals surface area (Å²) >= 11 is 1.87. The van der Waals surface area contributed by atoms with Crippen LogP contribution >= 0.6 is 11.3 Å². The molecule has 0 spiro atoms. The first-order valence-corrected chi connectivity index (χ1v) is 40.2. The highest BCUT2D eigenvalue weighted by molar-refractivity contribution is 7.25. The molecule has 5 heteroatoms. The van der Waals surface area contributed by atoms with E-state index in [0.29, 0.717) is 0 Å². The van der Waals surface area contributed by atoms with E-state index in [9.17, 15) is 0 Å². The van der Waals surface area contributed by atoms with Gasteiger partial charge in [-0.1, -0.05) is 322 Å². The number of anilines is 6. The number of nitrogens with zero attached hydrogens (tertiary/aromatic N) is 2. The molecule has 23 rings (SSSR count). The second-order valence-corrected chi connectivity index (χ2v) is 31.1. The van der Waals surface area contributed by atoms with E-state index in [1.54, 1.807) is 0 Å². The molecule has 0 atom stereocenters. The molecule has 18 aromatic carbocycles. The first kappa shape index (κ1) is 67.3. The van der Waals surface area contributed by atoms with Crippen molar-refractivity contribution in [1.82, 2.24) is 0 Å². The Bertz CT molecular complexity index is 7180. The number of thiophene rings is 1. The highest BCUT2D eigenvalue weighted by atomic mass is 32.1. The number of hydrogen-bond donors (Lipinski definition) is 0. The Morgan fingerprint density at radius 1 is 0.191 bits per heavy atom. The van der Waals surface area contributed by atoms with Crippen molar-refractivity contribution in [3.63, 3.8) is 0 Å². The number of hydrogen-bond acceptors (Lipinski definition) is 5. The topological polar surface area (TPSA) is 32.8 Å². The molecule has 0 N–H and O–H groups in total. The van der Waals surface area contributed by atoms with Gasteiger partial charge in [0.25, 0.3) is 0 Å². The Kier molecular flexibility index (Phi) is 16.2. The van der Waals surface area contributed by atoms with Gasteiger partial charge >= 0.3 is 0 Å². The van der Waals surface area contributed by atoms with Crippen molar-refractivity contribution in [2.75, 3.05) is 9.80 Å². The van der Waals surface area contributed by atoms with Gasteiger partial charge in [0, 0.05) is 81.9 Å². The summed E-state index contributed by atoms with van der Waals surface area (Å²) in [7, 11) is 0. The van der Waals surface area contributed by atoms with Crippen LogP contribution in [0, 0.1) is 0 Å². The number of furan rings is 2. The molecule has 0 fully saturated rings. The fraction of sp³-hybridized carbons (Fsp3) is 0.0182. The van der Waals surface area contributed by atoms with Gasteiger partial charge in [0.2, 0.25) is 0 Å². The van der Waals surface area contributed by atoms with Gasteiger partial charge in [-0.25, -0.2) is 0 Å². The van der Waals surface area contributed by atoms with Crippen LogP contribution in [-0.2, 0) is 10.8 Å². The maximum absolute atomic E-state index is 6.73. The van der Waals surface area contributed by atoms with E-state index in [4.69, 9.17) is 8.83 Å². The third-order valence-electron chi connectivity index (χ3n) is 23.9. The lowest BCUT2D eigenvalue weighted by atomic mass is 9.67. The van der Waals surface area contributed by atoms with Crippen molar-refractivity contribution in [2.24, 2.45) is 0 Å². The average molecular weight is 1490 g/mol. The highest BCUT2D eigenvalue weighted by Crippen LogP contribution is 2.59. The average Bonchev–Trinajstić information content (AvgIpc) is 1.54. The SMILES string of the molecule is c1ccc(-c2ccc(N(c3ccccc3)c3cccc(-c4cccc5oc6ccc(C7(c8ccc(-c9ccccc9)cc8)c8ccccc8-c8ccccc87)cc6c45)c3)cc2)cc1.c1ccc(N(c2ccc3c(c2)oc2ccccc23)c2ccc3sc4cc(C5(c6ccccc6)c6ccccc6-c6ccccc65)ccc4c3c2)cc1. The molecule has 0 radical (unpaired) electrons. The Balaban J connectivity index is 0.000000142. The fourth-order valence-corrected chi connectivity index (χ4v) is 20.0. The maximum atomic E-state index is 6.73. The van der Waals surface area contributed by atoms with Crippen LogP contribution in [0.4, 0.5) is 34.1 Å². The van der Waals surface area contributed by atoms with Crippen molar-refractivity contribution < 1.29 is 8.83 Å². The standard InChI is InChI=1S/C61H41NO.C49H31NOS/c1-4-16-42(17-5-1)44-30-34-47(35-31-44)61(56-27-12-10-24-53(56)54-25-11-13-28-57(54)61)48-36-39-58-55(41-48)60-52(26-15-29-59(60)63-58)46-20-14-23-51(40-46)62(49-21-8-3-9-22-49)50-37-32-45(33-38-50)43-18-6-2-7-19-43;1-3-13-32(14-4-1)49(43-20-10-7-17-37(43)38-18-8-11-21-44(38)49)33-23-26-41-42-30-35(25-28-47(42)52-48(41)29-33)50(34-15-5-2-6-16-34)36-24-27-40-39-19-9-12-22-45(39)51-46(40)31-36/h1-41H;1-31H. The molecular weight excluding hydrogens is 1410 g/mol. The fourth-order valence-electron chi connectivity index (χ4n) is 18.9. The van der Waals surface area contributed by atoms with Crippen molar-refractivity contribution in [3.05, 3.63) is 481 Å². The van der Waals surface area contributed by atoms with E-state index in [0.717, 1.165) is 89.1 Å². The molecule has 115 heavy (non-hydrogen) atoms. The van der Waals surface area contributed by atoms with Gasteiger partial charge in [0.05, 0.1) is 10.8 Å². The zero-order chi connectivity index (χ0) is 76.0. The Hall–Kier alpha value is -14.6. The van der Waals surface area contributed by atoms with Gasteiger partial charge in [-0.05, 0) is 209 Å². The maximum Gasteiger partial charge on any atom is 0.137 e. The van der Waals surface area contributed by atoms with Crippen molar-refractivity contribution in [3.8, 4) is 55.6 Å². The third kappa shape index (κ3) is 11.0. The molecule has 0 saturated carbocycles. The molecule has 0 bridgehead atoms. The Labute approximate surface area is 671 Å². The molecule has 21 aromatic rings. The molecule has 3 aromatic heterocycles. The molecule has 540 valence electrons. The molecule has 3 heterocycles. The lowest BCUT2D eigenvalue weighted by Crippen LogP contribution is -2.28. The number of rotatable bonds is 13. The normalized spacial score (nSPS) is 12.8. The van der Waals surface area contributed by atoms with E-state index in [1.807, 2.05) is 23.5 Å². The van der Waals surface area contributed by atoms with Gasteiger partial charge in [0.1, 0.15) is 22.3 Å². The van der Waals surface area contributed by atoms with E-state index in [1.165, 1.54) is 109 Å². The van der Waals surface area contributed by atoms with Gasteiger partial charge in [0.15, 0.2) is 0 Å². The Morgan fingerprint density at radius 2 is 0.574 bits per heavy atom. The van der Waals surface area contributed by atoms with Crippen molar-refractivity contribution in [1.29, 1.82) is 0 Å². The predicted octanol–water partition coefficient (Wildman–Crippen LogP) is 30.2. The summed E-state index contributed by atoms with van der Waals surface area (Å²) in [4.78, 5) is 4.67. The predicted molar refractivity (Wildman–Crippen MR) is 481 cm³/mol. The molecule has 2 aliphatic rings. The molecule has 4 nitrogen and oxygen atoms in total. The summed E-state index contributed by atoms with van der Waals surface area (Å²) in [6.07, 6.45) is 0. The Morgan fingerprint density at radius 3 is 1.19 bits per heavy atom. The highest BCUT2D eigenvalue weighted by Gasteiger charge is 2.48. The summed E-state index contributed by atoms with van der Waals surface area (Å²) in [6.45, 7) is 0. The van der Waals surface area contributed by atoms with E-state index >= 15 is 0 Å². The lowest BCUT2D eigenvalue weighted by molar-refractivity contribution is 0.668. The van der Waals surface area contributed by atoms with Crippen LogP contribution in [0.2, 0.25) is 0 Å². The second-order valence-electron chi connectivity index (χ2n) is 30.1. The van der Waals surface area contributed by atoms with Gasteiger partial charge in [-0.2, -0.15) is 0 Å². The first-order chi connectivity index (χ1) is 57.0. The van der Waals surface area contributed by atoms with Gasteiger partial charge in [-0.3, -0.25) is 0 Å². The summed E-state index contributed by atoms with van der Waals surface area (Å²) < 4.78 is 15.6. The van der Waals surface area contributed by atoms with E-state index < -0.39 is 10.8 Å². The molecule has 0 saturated heterocycles. The molecule has 0 aliphatic heterocycles. The summed E-state index contributed by atoms with van der Waals surface area (Å²) in [5, 5.41) is 7.01. The first-order valence-electron chi connectivity index (χ1n) is 39.4. The third-order valence-corrected chi connectivity index (χ3v) is 25.0. The summed E-state index contributed by atoms with van der Waals surface area (Å²) in [6, 6.07) is 159. The largest absolute Gasteiger partial charge is 0.456 e. The van der Waals surface area contributed by atoms with Crippen molar-refractivity contribution in [2.45, 2.75) is 10.8 Å². The molecule has 0 amide bonds. The van der Waals surface area contributed by atoms with Crippen LogP contribution in [0.3, 0.4) is 0 Å². The molecule has 0 unspecified atom stereocenters. The van der Waals surface area contributed by atoms with Crippen LogP contribution < -0.4 is 9.80 Å². The molecular formula is C110H72N2O2S. The monoisotopic (exact) mass is 1480 g/mol. The van der Waals surface area contributed by atoms with Crippen LogP contribution in [-0.4, -0.2) is 0 Å². The minimum atomic E-state index is -0.554. The molecule has 2 aliphatic carbocycles. The van der Waals surface area contributed by atoms with Gasteiger partial charge in [-0.15, -0.1) is 11.3 Å². The lowest BCUT2D eigenvalue weighted by Gasteiger charge is -2.34.